The highest BCUT2D eigenvalue weighted by Gasteiger charge is 2.17. The third-order valence-corrected chi connectivity index (χ3v) is 4.94. The first-order valence-corrected chi connectivity index (χ1v) is 9.10. The molecule has 0 spiro atoms. The fraction of sp³-hybridized carbons (Fsp3) is 0.250. The Hall–Kier alpha value is -3.15. The largest absolute Gasteiger partial charge is 0.341 e. The summed E-state index contributed by atoms with van der Waals surface area (Å²) >= 11 is 0. The van der Waals surface area contributed by atoms with Crippen molar-refractivity contribution in [2.75, 3.05) is 23.3 Å². The lowest BCUT2D eigenvalue weighted by Crippen LogP contribution is -2.31. The van der Waals surface area contributed by atoms with E-state index < -0.39 is 0 Å². The maximum absolute atomic E-state index is 4.86. The molecule has 1 aliphatic heterocycles. The molecule has 1 saturated heterocycles. The molecule has 26 heavy (non-hydrogen) atoms. The molecule has 0 radical (unpaired) electrons. The molecule has 1 aliphatic rings. The van der Waals surface area contributed by atoms with Gasteiger partial charge in [-0.05, 0) is 43.5 Å². The molecule has 0 bridgehead atoms. The number of piperidine rings is 1. The van der Waals surface area contributed by atoms with Gasteiger partial charge in [-0.3, -0.25) is 5.10 Å². The highest BCUT2D eigenvalue weighted by Crippen LogP contribution is 2.29. The molecule has 0 saturated carbocycles. The Labute approximate surface area is 151 Å². The van der Waals surface area contributed by atoms with Crippen molar-refractivity contribution in [1.82, 2.24) is 20.2 Å². The molecule has 2 aromatic carbocycles. The van der Waals surface area contributed by atoms with Crippen LogP contribution in [0.5, 0.6) is 0 Å². The Bertz CT molecular complexity index is 1060. The number of nitrogens with one attached hydrogen (secondary N) is 2. The quantitative estimate of drug-likeness (QED) is 0.582. The predicted molar refractivity (Wildman–Crippen MR) is 105 cm³/mol. The average Bonchev–Trinajstić information content (AvgIpc) is 3.11. The van der Waals surface area contributed by atoms with E-state index in [0.29, 0.717) is 0 Å². The van der Waals surface area contributed by atoms with Gasteiger partial charge >= 0.3 is 0 Å². The lowest BCUT2D eigenvalue weighted by molar-refractivity contribution is 0.569. The molecule has 1 fully saturated rings. The minimum atomic E-state index is 0.786. The number of anilines is 3. The maximum Gasteiger partial charge on any atom is 0.227 e. The molecule has 0 atom stereocenters. The zero-order valence-corrected chi connectivity index (χ0v) is 14.4. The van der Waals surface area contributed by atoms with Crippen LogP contribution in [0.3, 0.4) is 0 Å². The molecule has 0 amide bonds. The van der Waals surface area contributed by atoms with E-state index in [9.17, 15) is 0 Å². The maximum atomic E-state index is 4.86. The molecular weight excluding hydrogens is 324 g/mol. The number of fused-ring (bicyclic) bond motifs is 2. The fourth-order valence-electron chi connectivity index (χ4n) is 3.57. The van der Waals surface area contributed by atoms with Crippen molar-refractivity contribution in [2.45, 2.75) is 19.3 Å². The molecule has 4 aromatic rings. The molecule has 130 valence electrons. The minimum absolute atomic E-state index is 0.786. The Morgan fingerprint density at radius 1 is 0.808 bits per heavy atom. The van der Waals surface area contributed by atoms with E-state index in [4.69, 9.17) is 9.97 Å². The summed E-state index contributed by atoms with van der Waals surface area (Å²) in [4.78, 5) is 11.9. The molecule has 2 aromatic heterocycles. The Morgan fingerprint density at radius 3 is 2.46 bits per heavy atom. The summed E-state index contributed by atoms with van der Waals surface area (Å²) < 4.78 is 0. The number of nitrogens with zero attached hydrogens (tertiary/aromatic N) is 4. The second kappa shape index (κ2) is 6.29. The van der Waals surface area contributed by atoms with E-state index in [1.807, 2.05) is 42.5 Å². The fourth-order valence-corrected chi connectivity index (χ4v) is 3.57. The topological polar surface area (TPSA) is 69.7 Å². The van der Waals surface area contributed by atoms with Gasteiger partial charge in [-0.1, -0.05) is 24.3 Å². The summed E-state index contributed by atoms with van der Waals surface area (Å²) in [5, 5.41) is 13.0. The van der Waals surface area contributed by atoms with Crippen LogP contribution >= 0.6 is 0 Å². The first kappa shape index (κ1) is 15.1. The van der Waals surface area contributed by atoms with Crippen molar-refractivity contribution >= 4 is 39.4 Å². The van der Waals surface area contributed by atoms with Crippen LogP contribution < -0.4 is 10.2 Å². The van der Waals surface area contributed by atoms with Crippen molar-refractivity contribution in [3.05, 3.63) is 48.5 Å². The average molecular weight is 344 g/mol. The molecule has 3 heterocycles. The van der Waals surface area contributed by atoms with Gasteiger partial charge in [0.05, 0.1) is 11.0 Å². The molecule has 6 heteroatoms. The molecule has 0 aliphatic carbocycles. The second-order valence-corrected chi connectivity index (χ2v) is 6.68. The minimum Gasteiger partial charge on any atom is -0.341 e. The van der Waals surface area contributed by atoms with Crippen LogP contribution in [-0.4, -0.2) is 33.3 Å². The van der Waals surface area contributed by atoms with Gasteiger partial charge in [0.2, 0.25) is 5.95 Å². The molecule has 2 N–H and O–H groups in total. The number of hydrogen-bond donors (Lipinski definition) is 2. The van der Waals surface area contributed by atoms with Gasteiger partial charge in [0.1, 0.15) is 5.82 Å². The third-order valence-electron chi connectivity index (χ3n) is 4.94. The first-order valence-electron chi connectivity index (χ1n) is 9.10. The van der Waals surface area contributed by atoms with E-state index in [1.54, 1.807) is 0 Å². The summed E-state index contributed by atoms with van der Waals surface area (Å²) in [6.07, 6.45) is 3.68. The summed E-state index contributed by atoms with van der Waals surface area (Å²) in [5.41, 5.74) is 1.95. The van der Waals surface area contributed by atoms with Gasteiger partial charge in [-0.2, -0.15) is 10.1 Å². The van der Waals surface area contributed by atoms with Crippen molar-refractivity contribution in [1.29, 1.82) is 0 Å². The van der Waals surface area contributed by atoms with Gasteiger partial charge in [0.25, 0.3) is 0 Å². The van der Waals surface area contributed by atoms with Crippen LogP contribution in [-0.2, 0) is 0 Å². The van der Waals surface area contributed by atoms with Crippen molar-refractivity contribution in [2.24, 2.45) is 0 Å². The standard InChI is InChI=1S/C20H20N6/c1-6-12-26(13-7-1)20-21-16-10-4-2-8-14(16)18(23-20)22-19-15-9-3-5-11-17(15)24-25-19/h2-5,8-11H,1,6-7,12-13H2,(H2,21,22,23,24,25). The van der Waals surface area contributed by atoms with E-state index in [2.05, 4.69) is 26.5 Å². The first-order chi connectivity index (χ1) is 12.9. The summed E-state index contributed by atoms with van der Waals surface area (Å²) in [6.45, 7) is 2.03. The van der Waals surface area contributed by atoms with Crippen LogP contribution in [0.25, 0.3) is 21.8 Å². The lowest BCUT2D eigenvalue weighted by atomic mass is 10.1. The van der Waals surface area contributed by atoms with Crippen LogP contribution in [0, 0.1) is 0 Å². The highest BCUT2D eigenvalue weighted by atomic mass is 15.3. The number of H-pyrrole nitrogens is 1. The van der Waals surface area contributed by atoms with Crippen LogP contribution in [0.4, 0.5) is 17.6 Å². The summed E-state index contributed by atoms with van der Waals surface area (Å²) in [7, 11) is 0. The summed E-state index contributed by atoms with van der Waals surface area (Å²) in [6, 6.07) is 16.2. The number of aromatic nitrogens is 4. The van der Waals surface area contributed by atoms with Gasteiger partial charge in [-0.15, -0.1) is 0 Å². The molecule has 0 unspecified atom stereocenters. The molecule has 6 nitrogen and oxygen atoms in total. The highest BCUT2D eigenvalue weighted by molar-refractivity contribution is 5.96. The number of aromatic amines is 1. The smallest absolute Gasteiger partial charge is 0.227 e. The summed E-state index contributed by atoms with van der Waals surface area (Å²) in [5.74, 6) is 2.38. The van der Waals surface area contributed by atoms with Gasteiger partial charge in [0, 0.05) is 23.9 Å². The number of para-hydroxylation sites is 2. The molecular formula is C20H20N6. The second-order valence-electron chi connectivity index (χ2n) is 6.68. The third kappa shape index (κ3) is 2.63. The number of rotatable bonds is 3. The number of benzene rings is 2. The van der Waals surface area contributed by atoms with Crippen molar-refractivity contribution < 1.29 is 0 Å². The lowest BCUT2D eigenvalue weighted by Gasteiger charge is -2.27. The number of hydrogen-bond acceptors (Lipinski definition) is 5. The van der Waals surface area contributed by atoms with Crippen LogP contribution in [0.15, 0.2) is 48.5 Å². The van der Waals surface area contributed by atoms with Crippen LogP contribution in [0.2, 0.25) is 0 Å². The van der Waals surface area contributed by atoms with Crippen LogP contribution in [0.1, 0.15) is 19.3 Å². The molecule has 5 rings (SSSR count). The monoisotopic (exact) mass is 344 g/mol. The van der Waals surface area contributed by atoms with Gasteiger partial charge in [-0.25, -0.2) is 4.98 Å². The zero-order valence-electron chi connectivity index (χ0n) is 14.4. The van der Waals surface area contributed by atoms with E-state index in [1.165, 1.54) is 19.3 Å². The van der Waals surface area contributed by atoms with E-state index >= 15 is 0 Å². The Balaban J connectivity index is 1.61. The Kier molecular flexibility index (Phi) is 3.66. The Morgan fingerprint density at radius 2 is 1.58 bits per heavy atom. The van der Waals surface area contributed by atoms with Gasteiger partial charge < -0.3 is 10.2 Å². The van der Waals surface area contributed by atoms with Crippen molar-refractivity contribution in [3.8, 4) is 0 Å². The SMILES string of the molecule is c1ccc2c(Nc3n[nH]c4ccccc34)nc(N3CCCCC3)nc2c1. The predicted octanol–water partition coefficient (Wildman–Crippen LogP) is 4.24. The van der Waals surface area contributed by atoms with Gasteiger partial charge in [0.15, 0.2) is 5.82 Å². The zero-order chi connectivity index (χ0) is 17.3. The van der Waals surface area contributed by atoms with Crippen molar-refractivity contribution in [3.63, 3.8) is 0 Å². The van der Waals surface area contributed by atoms with E-state index in [-0.39, 0.29) is 0 Å². The van der Waals surface area contributed by atoms with E-state index in [0.717, 1.165) is 52.5 Å². The normalized spacial score (nSPS) is 14.8.